The maximum absolute atomic E-state index is 6.58. The van der Waals surface area contributed by atoms with Crippen LogP contribution in [0.25, 0.3) is 99.5 Å². The average molecular weight is 626 g/mol. The monoisotopic (exact) mass is 625 g/mol. The van der Waals surface area contributed by atoms with Gasteiger partial charge in [-0.2, -0.15) is 0 Å². The van der Waals surface area contributed by atoms with Gasteiger partial charge in [0.05, 0.1) is 0 Å². The third-order valence-electron chi connectivity index (χ3n) is 9.50. The van der Waals surface area contributed by atoms with E-state index in [4.69, 9.17) is 19.4 Å². The normalized spacial score (nSPS) is 11.7. The van der Waals surface area contributed by atoms with Crippen LogP contribution in [0.3, 0.4) is 0 Å². The Morgan fingerprint density at radius 3 is 1.57 bits per heavy atom. The number of para-hydroxylation sites is 1. The maximum atomic E-state index is 6.58. The molecule has 4 heteroatoms. The largest absolute Gasteiger partial charge is 0.455 e. The zero-order valence-corrected chi connectivity index (χ0v) is 26.3. The maximum Gasteiger partial charge on any atom is 0.164 e. The lowest BCUT2D eigenvalue weighted by Gasteiger charge is -2.13. The molecule has 2 heterocycles. The molecule has 0 unspecified atom stereocenters. The summed E-state index contributed by atoms with van der Waals surface area (Å²) in [4.78, 5) is 15.2. The van der Waals surface area contributed by atoms with Gasteiger partial charge in [0.25, 0.3) is 0 Å². The van der Waals surface area contributed by atoms with Crippen molar-refractivity contribution in [2.45, 2.75) is 0 Å². The van der Waals surface area contributed by atoms with Gasteiger partial charge in [0.15, 0.2) is 17.5 Å². The summed E-state index contributed by atoms with van der Waals surface area (Å²) in [6.45, 7) is 0. The van der Waals surface area contributed by atoms with Gasteiger partial charge in [0, 0.05) is 32.8 Å². The Labute approximate surface area is 282 Å². The molecule has 8 aromatic carbocycles. The summed E-state index contributed by atoms with van der Waals surface area (Å²) in [6.07, 6.45) is 0. The minimum Gasteiger partial charge on any atom is -0.455 e. The summed E-state index contributed by atoms with van der Waals surface area (Å²) in [5.74, 6) is 1.90. The van der Waals surface area contributed by atoms with Crippen molar-refractivity contribution in [1.82, 2.24) is 15.0 Å². The number of rotatable bonds is 4. The van der Waals surface area contributed by atoms with E-state index < -0.39 is 0 Å². The van der Waals surface area contributed by atoms with Crippen LogP contribution in [0.5, 0.6) is 0 Å². The molecular weight excluding hydrogens is 599 g/mol. The molecule has 10 aromatic rings. The summed E-state index contributed by atoms with van der Waals surface area (Å²) in [7, 11) is 0. The van der Waals surface area contributed by atoms with Crippen LogP contribution >= 0.6 is 0 Å². The van der Waals surface area contributed by atoms with Crippen molar-refractivity contribution in [3.8, 4) is 45.3 Å². The van der Waals surface area contributed by atoms with Crippen molar-refractivity contribution in [1.29, 1.82) is 0 Å². The summed E-state index contributed by atoms with van der Waals surface area (Å²) in [5.41, 5.74) is 6.87. The fourth-order valence-corrected chi connectivity index (χ4v) is 7.18. The van der Waals surface area contributed by atoms with Gasteiger partial charge in [0.2, 0.25) is 0 Å². The summed E-state index contributed by atoms with van der Waals surface area (Å²) in [5, 5.41) is 9.16. The quantitative estimate of drug-likeness (QED) is 0.183. The van der Waals surface area contributed by atoms with E-state index >= 15 is 0 Å². The van der Waals surface area contributed by atoms with E-state index in [2.05, 4.69) is 115 Å². The van der Waals surface area contributed by atoms with E-state index in [0.29, 0.717) is 17.5 Å². The minimum absolute atomic E-state index is 0.627. The van der Waals surface area contributed by atoms with Gasteiger partial charge in [-0.05, 0) is 62.3 Å². The minimum atomic E-state index is 0.627. The lowest BCUT2D eigenvalue weighted by molar-refractivity contribution is 0.673. The summed E-state index contributed by atoms with van der Waals surface area (Å²) < 4.78 is 6.58. The van der Waals surface area contributed by atoms with Crippen molar-refractivity contribution in [2.75, 3.05) is 0 Å². The van der Waals surface area contributed by atoms with E-state index in [1.54, 1.807) is 0 Å². The van der Waals surface area contributed by atoms with Crippen molar-refractivity contribution >= 4 is 54.3 Å². The highest BCUT2D eigenvalue weighted by Crippen LogP contribution is 2.42. The lowest BCUT2D eigenvalue weighted by Crippen LogP contribution is -2.00. The molecule has 10 rings (SSSR count). The van der Waals surface area contributed by atoms with Crippen molar-refractivity contribution in [2.24, 2.45) is 0 Å². The van der Waals surface area contributed by atoms with Gasteiger partial charge >= 0.3 is 0 Å². The molecule has 0 aliphatic carbocycles. The molecule has 4 nitrogen and oxygen atoms in total. The van der Waals surface area contributed by atoms with E-state index in [-0.39, 0.29) is 0 Å². The van der Waals surface area contributed by atoms with E-state index in [1.807, 2.05) is 48.5 Å². The van der Waals surface area contributed by atoms with Gasteiger partial charge in [-0.3, -0.25) is 0 Å². The second-order valence-corrected chi connectivity index (χ2v) is 12.4. The van der Waals surface area contributed by atoms with Gasteiger partial charge in [-0.1, -0.05) is 140 Å². The number of hydrogen-bond acceptors (Lipinski definition) is 4. The van der Waals surface area contributed by atoms with Crippen LogP contribution in [0, 0.1) is 0 Å². The van der Waals surface area contributed by atoms with E-state index in [0.717, 1.165) is 65.9 Å². The first kappa shape index (κ1) is 27.5. The Balaban J connectivity index is 1.22. The molecule has 2 aromatic heterocycles. The first-order valence-electron chi connectivity index (χ1n) is 16.4. The fraction of sp³-hybridized carbons (Fsp3) is 0. The first-order valence-corrected chi connectivity index (χ1v) is 16.4. The predicted molar refractivity (Wildman–Crippen MR) is 201 cm³/mol. The molecule has 0 radical (unpaired) electrons. The second kappa shape index (κ2) is 11.0. The average Bonchev–Trinajstić information content (AvgIpc) is 3.57. The fourth-order valence-electron chi connectivity index (χ4n) is 7.18. The Morgan fingerprint density at radius 2 is 0.816 bits per heavy atom. The highest BCUT2D eigenvalue weighted by Gasteiger charge is 2.18. The molecule has 0 fully saturated rings. The van der Waals surface area contributed by atoms with Gasteiger partial charge in [-0.15, -0.1) is 0 Å². The zero-order valence-electron chi connectivity index (χ0n) is 26.3. The number of furan rings is 1. The second-order valence-electron chi connectivity index (χ2n) is 12.4. The Kier molecular flexibility index (Phi) is 6.15. The third-order valence-corrected chi connectivity index (χ3v) is 9.50. The molecule has 0 aliphatic heterocycles. The molecule has 0 aliphatic rings. The van der Waals surface area contributed by atoms with Gasteiger partial charge < -0.3 is 4.42 Å². The first-order chi connectivity index (χ1) is 24.3. The standard InChI is InChI=1S/C45H27N3O/c1-3-12-28(13-4-1)30-16-11-17-31(26-30)44-46-43(29-14-5-2-6-15-29)47-45(48-44)32-22-23-37-39(27-32)34-19-8-7-18-33(34)36-24-25-38-35-20-9-10-21-40(35)49-42(38)41(36)37/h1-27H. The van der Waals surface area contributed by atoms with Crippen LogP contribution < -0.4 is 0 Å². The van der Waals surface area contributed by atoms with Crippen LogP contribution in [-0.4, -0.2) is 15.0 Å². The predicted octanol–water partition coefficient (Wildman–Crippen LogP) is 11.9. The number of nitrogens with zero attached hydrogens (tertiary/aromatic N) is 3. The third kappa shape index (κ3) is 4.49. The van der Waals surface area contributed by atoms with E-state index in [9.17, 15) is 0 Å². The number of aromatic nitrogens is 3. The Bertz CT molecular complexity index is 2880. The van der Waals surface area contributed by atoms with Gasteiger partial charge in [-0.25, -0.2) is 15.0 Å². The van der Waals surface area contributed by atoms with E-state index in [1.165, 1.54) is 16.2 Å². The van der Waals surface area contributed by atoms with Crippen LogP contribution in [0.1, 0.15) is 0 Å². The molecule has 0 bridgehead atoms. The van der Waals surface area contributed by atoms with Gasteiger partial charge in [0.1, 0.15) is 11.2 Å². The summed E-state index contributed by atoms with van der Waals surface area (Å²) >= 11 is 0. The SMILES string of the molecule is c1ccc(-c2cccc(-c3nc(-c4ccccc4)nc(-c4ccc5c(c4)c4ccccc4c4ccc6c7ccccc7oc6c45)n3)c2)cc1. The van der Waals surface area contributed by atoms with Crippen LogP contribution in [0.2, 0.25) is 0 Å². The number of hydrogen-bond donors (Lipinski definition) is 0. The number of benzene rings is 8. The van der Waals surface area contributed by atoms with Crippen molar-refractivity contribution in [3.63, 3.8) is 0 Å². The molecule has 0 saturated carbocycles. The topological polar surface area (TPSA) is 51.8 Å². The highest BCUT2D eigenvalue weighted by atomic mass is 16.3. The van der Waals surface area contributed by atoms with Crippen molar-refractivity contribution < 1.29 is 4.42 Å². The smallest absolute Gasteiger partial charge is 0.164 e. The Hall–Kier alpha value is -6.65. The molecule has 228 valence electrons. The molecule has 49 heavy (non-hydrogen) atoms. The molecule has 0 atom stereocenters. The lowest BCUT2D eigenvalue weighted by atomic mass is 9.92. The molecule has 0 saturated heterocycles. The molecule has 0 spiro atoms. The van der Waals surface area contributed by atoms with Crippen molar-refractivity contribution in [3.05, 3.63) is 164 Å². The van der Waals surface area contributed by atoms with Crippen LogP contribution in [0.15, 0.2) is 168 Å². The Morgan fingerprint density at radius 1 is 0.306 bits per heavy atom. The van der Waals surface area contributed by atoms with Crippen LogP contribution in [-0.2, 0) is 0 Å². The zero-order chi connectivity index (χ0) is 32.3. The summed E-state index contributed by atoms with van der Waals surface area (Å²) in [6, 6.07) is 56.8. The molecular formula is C45H27N3O. The molecule has 0 N–H and O–H groups in total. The highest BCUT2D eigenvalue weighted by molar-refractivity contribution is 6.32. The number of fused-ring (bicyclic) bond motifs is 10. The van der Waals surface area contributed by atoms with Crippen LogP contribution in [0.4, 0.5) is 0 Å². The molecule has 0 amide bonds.